The summed E-state index contributed by atoms with van der Waals surface area (Å²) in [4.78, 5) is 26.7. The fraction of sp³-hybridized carbons (Fsp3) is 0.478. The molecule has 2 amide bonds. The van der Waals surface area contributed by atoms with Crippen molar-refractivity contribution in [3.05, 3.63) is 45.8 Å². The molecule has 1 heterocycles. The van der Waals surface area contributed by atoms with Crippen molar-refractivity contribution in [3.63, 3.8) is 0 Å². The maximum absolute atomic E-state index is 12.9. The van der Waals surface area contributed by atoms with Gasteiger partial charge >= 0.3 is 0 Å². The molecule has 0 radical (unpaired) electrons. The van der Waals surface area contributed by atoms with E-state index in [9.17, 15) is 18.0 Å². The number of unbranched alkanes of at least 4 members (excludes halogenated alkanes) is 1. The zero-order valence-corrected chi connectivity index (χ0v) is 20.7. The van der Waals surface area contributed by atoms with E-state index in [1.807, 2.05) is 6.92 Å². The maximum Gasteiger partial charge on any atom is 0.256 e. The zero-order chi connectivity index (χ0) is 23.5. The molecule has 32 heavy (non-hydrogen) atoms. The van der Waals surface area contributed by atoms with E-state index in [-0.39, 0.29) is 16.7 Å². The van der Waals surface area contributed by atoms with E-state index in [1.54, 1.807) is 14.1 Å². The van der Waals surface area contributed by atoms with E-state index in [0.29, 0.717) is 28.6 Å². The van der Waals surface area contributed by atoms with Crippen molar-refractivity contribution in [1.29, 1.82) is 0 Å². The number of sulfonamides is 1. The summed E-state index contributed by atoms with van der Waals surface area (Å²) in [6, 6.07) is 5.91. The molecule has 0 fully saturated rings. The van der Waals surface area contributed by atoms with Crippen molar-refractivity contribution < 1.29 is 18.0 Å². The number of nitrogens with one attached hydrogen (secondary N) is 2. The Labute approximate surface area is 194 Å². The number of thiophene rings is 1. The van der Waals surface area contributed by atoms with Crippen molar-refractivity contribution in [1.82, 2.24) is 9.62 Å². The molecule has 2 N–H and O–H groups in total. The summed E-state index contributed by atoms with van der Waals surface area (Å²) in [5.41, 5.74) is 1.91. The van der Waals surface area contributed by atoms with Gasteiger partial charge in [-0.15, -0.1) is 11.3 Å². The van der Waals surface area contributed by atoms with Gasteiger partial charge in [0.2, 0.25) is 10.0 Å². The third-order valence-electron chi connectivity index (χ3n) is 5.84. The van der Waals surface area contributed by atoms with Gasteiger partial charge in [-0.25, -0.2) is 12.7 Å². The molecule has 7 nitrogen and oxygen atoms in total. The molecule has 1 aliphatic carbocycles. The van der Waals surface area contributed by atoms with E-state index < -0.39 is 10.0 Å². The standard InChI is InChI=1S/C23H31N3O4S2/c1-5-6-13-26(4)32(29,30)17-10-8-16(9-11-17)21(27)25-23-20(22(28)24-3)18-12-7-15(2)14-19(18)31-23/h8-11,15H,5-7,12-14H2,1-4H3,(H,24,28)(H,25,27)/t15-/m0/s1. The number of benzene rings is 1. The van der Waals surface area contributed by atoms with Gasteiger partial charge in [0, 0.05) is 31.1 Å². The second-order valence-electron chi connectivity index (χ2n) is 8.29. The predicted molar refractivity (Wildman–Crippen MR) is 128 cm³/mol. The first kappa shape index (κ1) is 24.4. The summed E-state index contributed by atoms with van der Waals surface area (Å²) in [6.45, 7) is 4.65. The molecule has 3 rings (SSSR count). The maximum atomic E-state index is 12.9. The largest absolute Gasteiger partial charge is 0.355 e. The quantitative estimate of drug-likeness (QED) is 0.603. The number of hydrogen-bond acceptors (Lipinski definition) is 5. The summed E-state index contributed by atoms with van der Waals surface area (Å²) < 4.78 is 26.7. The van der Waals surface area contributed by atoms with Crippen LogP contribution in [0.4, 0.5) is 5.00 Å². The van der Waals surface area contributed by atoms with Crippen molar-refractivity contribution in [2.75, 3.05) is 26.0 Å². The molecule has 1 aliphatic rings. The average molecular weight is 478 g/mol. The minimum Gasteiger partial charge on any atom is -0.355 e. The number of carbonyl (C=O) groups excluding carboxylic acids is 2. The van der Waals surface area contributed by atoms with Crippen molar-refractivity contribution in [2.45, 2.75) is 50.8 Å². The number of nitrogens with zero attached hydrogens (tertiary/aromatic N) is 1. The van der Waals surface area contributed by atoms with E-state index in [2.05, 4.69) is 17.6 Å². The molecule has 1 atom stereocenters. The topological polar surface area (TPSA) is 95.6 Å². The molecule has 0 spiro atoms. The Bertz CT molecular complexity index is 1090. The summed E-state index contributed by atoms with van der Waals surface area (Å²) in [5.74, 6) is -0.0267. The molecule has 0 bridgehead atoms. The number of amides is 2. The van der Waals surface area contributed by atoms with Gasteiger partial charge in [-0.05, 0) is 61.4 Å². The highest BCUT2D eigenvalue weighted by Gasteiger charge is 2.28. The van der Waals surface area contributed by atoms with Gasteiger partial charge in [0.05, 0.1) is 10.5 Å². The Morgan fingerprint density at radius 2 is 1.88 bits per heavy atom. The molecule has 0 aliphatic heterocycles. The van der Waals surface area contributed by atoms with Gasteiger partial charge in [0.1, 0.15) is 5.00 Å². The van der Waals surface area contributed by atoms with Crippen LogP contribution in [0.2, 0.25) is 0 Å². The van der Waals surface area contributed by atoms with Crippen molar-refractivity contribution in [3.8, 4) is 0 Å². The van der Waals surface area contributed by atoms with E-state index in [4.69, 9.17) is 0 Å². The van der Waals surface area contributed by atoms with Crippen molar-refractivity contribution >= 4 is 38.2 Å². The monoisotopic (exact) mass is 477 g/mol. The van der Waals surface area contributed by atoms with Crippen LogP contribution in [0.3, 0.4) is 0 Å². The lowest BCUT2D eigenvalue weighted by molar-refractivity contribution is 0.0963. The van der Waals surface area contributed by atoms with Crippen LogP contribution in [0.1, 0.15) is 64.3 Å². The number of rotatable bonds is 8. The predicted octanol–water partition coefficient (Wildman–Crippen LogP) is 3.91. The molecule has 174 valence electrons. The summed E-state index contributed by atoms with van der Waals surface area (Å²) in [6.07, 6.45) is 4.43. The Morgan fingerprint density at radius 1 is 1.19 bits per heavy atom. The van der Waals surface area contributed by atoms with Gasteiger partial charge in [-0.1, -0.05) is 20.3 Å². The lowest BCUT2D eigenvalue weighted by Gasteiger charge is -2.18. The summed E-state index contributed by atoms with van der Waals surface area (Å²) in [7, 11) is -0.446. The second kappa shape index (κ2) is 10.1. The minimum atomic E-state index is -3.59. The molecule has 0 saturated heterocycles. The molecular formula is C23H31N3O4S2. The Kier molecular flexibility index (Phi) is 7.74. The van der Waals surface area contributed by atoms with Crippen LogP contribution in [0.5, 0.6) is 0 Å². The highest BCUT2D eigenvalue weighted by molar-refractivity contribution is 7.89. The van der Waals surface area contributed by atoms with Crippen LogP contribution in [-0.4, -0.2) is 45.2 Å². The minimum absolute atomic E-state index is 0.152. The first-order chi connectivity index (χ1) is 15.2. The first-order valence-corrected chi connectivity index (χ1v) is 13.2. The molecule has 2 aromatic rings. The number of anilines is 1. The molecule has 0 unspecified atom stereocenters. The van der Waals surface area contributed by atoms with E-state index >= 15 is 0 Å². The number of carbonyl (C=O) groups is 2. The van der Waals surface area contributed by atoms with E-state index in [1.165, 1.54) is 39.9 Å². The van der Waals surface area contributed by atoms with Gasteiger partial charge in [-0.2, -0.15) is 0 Å². The fourth-order valence-electron chi connectivity index (χ4n) is 3.84. The lowest BCUT2D eigenvalue weighted by Crippen LogP contribution is -2.28. The van der Waals surface area contributed by atoms with Gasteiger partial charge in [0.15, 0.2) is 0 Å². The SMILES string of the molecule is CCCCN(C)S(=O)(=O)c1ccc(C(=O)Nc2sc3c(c2C(=O)NC)CC[C@H](C)C3)cc1. The Hall–Kier alpha value is -2.23. The lowest BCUT2D eigenvalue weighted by atomic mass is 9.88. The number of fused-ring (bicyclic) bond motifs is 1. The molecule has 9 heteroatoms. The fourth-order valence-corrected chi connectivity index (χ4v) is 6.45. The first-order valence-electron chi connectivity index (χ1n) is 10.9. The molecule has 0 saturated carbocycles. The second-order valence-corrected chi connectivity index (χ2v) is 11.4. The van der Waals surface area contributed by atoms with Crippen LogP contribution < -0.4 is 10.6 Å². The van der Waals surface area contributed by atoms with Crippen LogP contribution in [0.25, 0.3) is 0 Å². The van der Waals surface area contributed by atoms with Crippen LogP contribution >= 0.6 is 11.3 Å². The third-order valence-corrected chi connectivity index (χ3v) is 8.88. The van der Waals surface area contributed by atoms with Gasteiger partial charge in [-0.3, -0.25) is 9.59 Å². The molecule has 1 aromatic heterocycles. The van der Waals surface area contributed by atoms with Crippen molar-refractivity contribution in [2.24, 2.45) is 5.92 Å². The number of hydrogen-bond donors (Lipinski definition) is 2. The molecule has 1 aromatic carbocycles. The molecular weight excluding hydrogens is 446 g/mol. The zero-order valence-electron chi connectivity index (χ0n) is 19.0. The summed E-state index contributed by atoms with van der Waals surface area (Å²) >= 11 is 1.46. The van der Waals surface area contributed by atoms with Crippen LogP contribution in [0, 0.1) is 5.92 Å². The Balaban J connectivity index is 1.82. The normalized spacial score (nSPS) is 16.0. The Morgan fingerprint density at radius 3 is 2.50 bits per heavy atom. The van der Waals surface area contributed by atoms with Gasteiger partial charge < -0.3 is 10.6 Å². The van der Waals surface area contributed by atoms with Crippen LogP contribution in [0.15, 0.2) is 29.2 Å². The highest BCUT2D eigenvalue weighted by Crippen LogP contribution is 2.39. The van der Waals surface area contributed by atoms with E-state index in [0.717, 1.165) is 42.5 Å². The summed E-state index contributed by atoms with van der Waals surface area (Å²) in [5, 5.41) is 6.10. The third kappa shape index (κ3) is 5.05. The van der Waals surface area contributed by atoms with Crippen LogP contribution in [-0.2, 0) is 22.9 Å². The average Bonchev–Trinajstić information content (AvgIpc) is 3.13. The highest BCUT2D eigenvalue weighted by atomic mass is 32.2. The smallest absolute Gasteiger partial charge is 0.256 e. The van der Waals surface area contributed by atoms with Gasteiger partial charge in [0.25, 0.3) is 11.8 Å².